The molecule has 0 unspecified atom stereocenters. The number of nitrogens with zero attached hydrogens (tertiary/aromatic N) is 3. The molecule has 2 aromatic rings. The summed E-state index contributed by atoms with van der Waals surface area (Å²) in [5.74, 6) is 0.930. The van der Waals surface area contributed by atoms with Crippen LogP contribution in [-0.2, 0) is 19.5 Å². The van der Waals surface area contributed by atoms with Crippen molar-refractivity contribution in [2.24, 2.45) is 4.99 Å². The van der Waals surface area contributed by atoms with E-state index in [1.54, 1.807) is 11.3 Å². The van der Waals surface area contributed by atoms with Gasteiger partial charge in [-0.15, -0.1) is 46.7 Å². The van der Waals surface area contributed by atoms with Gasteiger partial charge in [-0.25, -0.2) is 9.98 Å². The Hall–Kier alpha value is -0.670. The Labute approximate surface area is 164 Å². The Morgan fingerprint density at radius 1 is 1.30 bits per heavy atom. The average molecular weight is 464 g/mol. The number of rotatable bonds is 6. The maximum atomic E-state index is 4.75. The number of thiophene rings is 1. The first-order valence-electron chi connectivity index (χ1n) is 7.60. The van der Waals surface area contributed by atoms with E-state index in [1.165, 1.54) is 9.75 Å². The molecule has 0 aromatic carbocycles. The minimum atomic E-state index is 0. The molecule has 0 saturated heterocycles. The van der Waals surface area contributed by atoms with Crippen LogP contribution in [0, 0.1) is 6.92 Å². The van der Waals surface area contributed by atoms with E-state index in [2.05, 4.69) is 53.6 Å². The monoisotopic (exact) mass is 464 g/mol. The maximum absolute atomic E-state index is 4.75. The summed E-state index contributed by atoms with van der Waals surface area (Å²) in [5, 5.41) is 6.58. The number of hydrogen-bond acceptors (Lipinski definition) is 4. The van der Waals surface area contributed by atoms with Crippen molar-refractivity contribution >= 4 is 52.6 Å². The summed E-state index contributed by atoms with van der Waals surface area (Å²) in [6, 6.07) is 4.38. The van der Waals surface area contributed by atoms with Gasteiger partial charge in [0.15, 0.2) is 5.96 Å². The van der Waals surface area contributed by atoms with E-state index in [1.807, 2.05) is 18.3 Å². The van der Waals surface area contributed by atoms with Crippen molar-refractivity contribution < 1.29 is 0 Å². The van der Waals surface area contributed by atoms with Gasteiger partial charge < -0.3 is 10.2 Å². The molecule has 0 aliphatic carbocycles. The topological polar surface area (TPSA) is 40.5 Å². The van der Waals surface area contributed by atoms with E-state index < -0.39 is 0 Å². The van der Waals surface area contributed by atoms with Gasteiger partial charge in [-0.2, -0.15) is 0 Å². The highest BCUT2D eigenvalue weighted by Crippen LogP contribution is 2.18. The van der Waals surface area contributed by atoms with Crippen LogP contribution in [0.2, 0.25) is 0 Å². The fourth-order valence-corrected chi connectivity index (χ4v) is 3.60. The molecule has 1 N–H and O–H groups in total. The molecule has 2 rings (SSSR count). The van der Waals surface area contributed by atoms with E-state index in [0.29, 0.717) is 0 Å². The predicted molar refractivity (Wildman–Crippen MR) is 112 cm³/mol. The van der Waals surface area contributed by atoms with Crippen molar-refractivity contribution in [3.8, 4) is 0 Å². The summed E-state index contributed by atoms with van der Waals surface area (Å²) in [6.45, 7) is 8.69. The second kappa shape index (κ2) is 10.2. The smallest absolute Gasteiger partial charge is 0.194 e. The van der Waals surface area contributed by atoms with Gasteiger partial charge in [0.1, 0.15) is 0 Å². The predicted octanol–water partition coefficient (Wildman–Crippen LogP) is 4.29. The summed E-state index contributed by atoms with van der Waals surface area (Å²) < 4.78 is 0. The van der Waals surface area contributed by atoms with Gasteiger partial charge in [-0.05, 0) is 32.4 Å². The van der Waals surface area contributed by atoms with Crippen LogP contribution < -0.4 is 5.32 Å². The minimum Gasteiger partial charge on any atom is -0.357 e. The third-order valence-corrected chi connectivity index (χ3v) is 5.25. The van der Waals surface area contributed by atoms with Crippen molar-refractivity contribution in [1.29, 1.82) is 0 Å². The summed E-state index contributed by atoms with van der Waals surface area (Å²) in [5.41, 5.74) is 1.10. The zero-order valence-corrected chi connectivity index (χ0v) is 18.1. The quantitative estimate of drug-likeness (QED) is 0.394. The summed E-state index contributed by atoms with van der Waals surface area (Å²) >= 11 is 3.54. The first-order chi connectivity index (χ1) is 10.6. The van der Waals surface area contributed by atoms with Crippen molar-refractivity contribution in [1.82, 2.24) is 15.2 Å². The molecule has 0 spiro atoms. The highest BCUT2D eigenvalue weighted by Gasteiger charge is 2.09. The molecule has 0 fully saturated rings. The minimum absolute atomic E-state index is 0. The highest BCUT2D eigenvalue weighted by atomic mass is 127. The molecule has 4 nitrogen and oxygen atoms in total. The highest BCUT2D eigenvalue weighted by molar-refractivity contribution is 14.0. The molecular weight excluding hydrogens is 439 g/mol. The van der Waals surface area contributed by atoms with Gasteiger partial charge in [0.05, 0.1) is 23.8 Å². The molecule has 0 saturated carbocycles. The first-order valence-corrected chi connectivity index (χ1v) is 9.30. The number of aromatic nitrogens is 1. The molecule has 7 heteroatoms. The Balaban J connectivity index is 0.00000264. The Bertz CT molecular complexity index is 621. The fraction of sp³-hybridized carbons (Fsp3) is 0.500. The van der Waals surface area contributed by atoms with Crippen molar-refractivity contribution in [2.45, 2.75) is 40.3 Å². The Morgan fingerprint density at radius 2 is 2.04 bits per heavy atom. The van der Waals surface area contributed by atoms with Gasteiger partial charge in [-0.1, -0.05) is 6.92 Å². The van der Waals surface area contributed by atoms with E-state index in [4.69, 9.17) is 4.99 Å². The fourth-order valence-electron chi connectivity index (χ4n) is 2.12. The van der Waals surface area contributed by atoms with E-state index in [9.17, 15) is 0 Å². The molecule has 0 radical (unpaired) electrons. The van der Waals surface area contributed by atoms with Crippen LogP contribution in [0.5, 0.6) is 0 Å². The molecule has 128 valence electrons. The van der Waals surface area contributed by atoms with Crippen LogP contribution in [0.4, 0.5) is 0 Å². The number of nitrogens with one attached hydrogen (secondary N) is 1. The molecule has 0 atom stereocenters. The van der Waals surface area contributed by atoms with E-state index in [0.717, 1.165) is 42.7 Å². The molecule has 2 heterocycles. The van der Waals surface area contributed by atoms with Crippen LogP contribution in [0.15, 0.2) is 22.5 Å². The van der Waals surface area contributed by atoms with Crippen molar-refractivity contribution in [2.75, 3.05) is 13.6 Å². The average Bonchev–Trinajstić information content (AvgIpc) is 3.12. The lowest BCUT2D eigenvalue weighted by Crippen LogP contribution is -2.38. The largest absolute Gasteiger partial charge is 0.357 e. The number of thiazole rings is 1. The number of aryl methyl sites for hydroxylation is 2. The number of guanidine groups is 1. The van der Waals surface area contributed by atoms with Gasteiger partial charge in [0, 0.05) is 28.7 Å². The van der Waals surface area contributed by atoms with Crippen LogP contribution in [-0.4, -0.2) is 29.4 Å². The SMILES string of the molecule is CCNC(=NCc1ccc(CC)s1)N(C)Cc1csc(C)n1.I. The van der Waals surface area contributed by atoms with E-state index >= 15 is 0 Å². The molecule has 23 heavy (non-hydrogen) atoms. The molecule has 0 amide bonds. The number of hydrogen-bond donors (Lipinski definition) is 1. The van der Waals surface area contributed by atoms with Gasteiger partial charge in [0.2, 0.25) is 0 Å². The van der Waals surface area contributed by atoms with Crippen molar-refractivity contribution in [3.63, 3.8) is 0 Å². The summed E-state index contributed by atoms with van der Waals surface area (Å²) in [6.07, 6.45) is 1.09. The second-order valence-electron chi connectivity index (χ2n) is 5.11. The summed E-state index contributed by atoms with van der Waals surface area (Å²) in [7, 11) is 2.06. The normalized spacial score (nSPS) is 11.2. The van der Waals surface area contributed by atoms with Crippen LogP contribution >= 0.6 is 46.7 Å². The molecule has 2 aromatic heterocycles. The lowest BCUT2D eigenvalue weighted by atomic mass is 10.4. The van der Waals surface area contributed by atoms with Crippen LogP contribution in [0.3, 0.4) is 0 Å². The Kier molecular flexibility index (Phi) is 9.08. The van der Waals surface area contributed by atoms with Gasteiger partial charge in [0.25, 0.3) is 0 Å². The van der Waals surface area contributed by atoms with E-state index in [-0.39, 0.29) is 24.0 Å². The second-order valence-corrected chi connectivity index (χ2v) is 7.42. The first kappa shape index (κ1) is 20.4. The number of halogens is 1. The number of aliphatic imine (C=N–C) groups is 1. The lowest BCUT2D eigenvalue weighted by Gasteiger charge is -2.21. The molecule has 0 bridgehead atoms. The van der Waals surface area contributed by atoms with Crippen LogP contribution in [0.25, 0.3) is 0 Å². The molecule has 0 aliphatic rings. The van der Waals surface area contributed by atoms with Crippen LogP contribution in [0.1, 0.15) is 34.3 Å². The van der Waals surface area contributed by atoms with Gasteiger partial charge >= 0.3 is 0 Å². The lowest BCUT2D eigenvalue weighted by molar-refractivity contribution is 0.471. The standard InChI is InChI=1S/C16H24N4S2.HI/c1-5-14-7-8-15(22-14)9-18-16(17-6-2)20(4)10-13-11-21-12(3)19-13;/h7-8,11H,5-6,9-10H2,1-4H3,(H,17,18);1H. The third kappa shape index (κ3) is 6.39. The Morgan fingerprint density at radius 3 is 2.61 bits per heavy atom. The zero-order valence-electron chi connectivity index (χ0n) is 14.1. The van der Waals surface area contributed by atoms with Crippen molar-refractivity contribution in [3.05, 3.63) is 38.0 Å². The van der Waals surface area contributed by atoms with Gasteiger partial charge in [-0.3, -0.25) is 0 Å². The third-order valence-electron chi connectivity index (χ3n) is 3.21. The molecule has 0 aliphatic heterocycles. The maximum Gasteiger partial charge on any atom is 0.194 e. The summed E-state index contributed by atoms with van der Waals surface area (Å²) in [4.78, 5) is 14.1. The zero-order chi connectivity index (χ0) is 15.9. The molecular formula is C16H25IN4S2.